The number of para-hydroxylation sites is 4. The van der Waals surface area contributed by atoms with Crippen LogP contribution >= 0.6 is 0 Å². The van der Waals surface area contributed by atoms with Crippen LogP contribution < -0.4 is 14.9 Å². The van der Waals surface area contributed by atoms with Crippen molar-refractivity contribution in [2.75, 3.05) is 4.81 Å². The minimum atomic E-state index is -0.250. The molecule has 0 saturated heterocycles. The first kappa shape index (κ1) is 21.4. The lowest BCUT2D eigenvalue weighted by Crippen LogP contribution is -2.50. The zero-order valence-electron chi connectivity index (χ0n) is 21.9. The molecule has 0 aliphatic carbocycles. The van der Waals surface area contributed by atoms with Gasteiger partial charge >= 0.3 is 7.05 Å². The Kier molecular flexibility index (Phi) is 3.98. The van der Waals surface area contributed by atoms with E-state index in [0.29, 0.717) is 0 Å². The molecule has 0 atom stereocenters. The molecule has 0 saturated carbocycles. The fourth-order valence-electron chi connectivity index (χ4n) is 7.03. The van der Waals surface area contributed by atoms with Crippen LogP contribution in [-0.2, 0) is 0 Å². The van der Waals surface area contributed by atoms with Crippen molar-refractivity contribution in [3.63, 3.8) is 0 Å². The Morgan fingerprint density at radius 2 is 1.22 bits per heavy atom. The smallest absolute Gasteiger partial charge is 0.524 e. The largest absolute Gasteiger partial charge is 0.536 e. The van der Waals surface area contributed by atoms with Crippen molar-refractivity contribution in [2.45, 2.75) is 0 Å². The Hall–Kier alpha value is -5.42. The maximum atomic E-state index is 6.77. The molecule has 2 aliphatic heterocycles. The van der Waals surface area contributed by atoms with E-state index in [0.717, 1.165) is 50.2 Å². The molecule has 2 aliphatic rings. The van der Waals surface area contributed by atoms with Crippen LogP contribution in [0.1, 0.15) is 0 Å². The average Bonchev–Trinajstić information content (AvgIpc) is 3.69. The first-order valence-corrected chi connectivity index (χ1v) is 14.0. The van der Waals surface area contributed by atoms with Crippen LogP contribution in [0.25, 0.3) is 60.6 Å². The van der Waals surface area contributed by atoms with Crippen molar-refractivity contribution in [3.8, 4) is 22.6 Å². The highest BCUT2D eigenvalue weighted by atomic mass is 16.5. The maximum absolute atomic E-state index is 6.77. The van der Waals surface area contributed by atoms with E-state index in [2.05, 4.69) is 125 Å². The Bertz CT molecular complexity index is 2330. The van der Waals surface area contributed by atoms with Gasteiger partial charge < -0.3 is 18.4 Å². The van der Waals surface area contributed by atoms with Crippen LogP contribution in [0.4, 0.5) is 11.4 Å². The summed E-state index contributed by atoms with van der Waals surface area (Å²) < 4.78 is 15.4. The van der Waals surface area contributed by atoms with Gasteiger partial charge in [-0.05, 0) is 53.5 Å². The lowest BCUT2D eigenvalue weighted by molar-refractivity contribution is 0.603. The van der Waals surface area contributed by atoms with Crippen molar-refractivity contribution in [1.29, 1.82) is 0 Å². The molecule has 0 radical (unpaired) electrons. The van der Waals surface area contributed by atoms with Gasteiger partial charge in [0.05, 0.1) is 16.7 Å². The van der Waals surface area contributed by atoms with Crippen LogP contribution in [0.5, 0.6) is 5.75 Å². The summed E-state index contributed by atoms with van der Waals surface area (Å²) in [4.78, 5) is 2.32. The van der Waals surface area contributed by atoms with Crippen molar-refractivity contribution in [2.24, 2.45) is 0 Å². The SMILES string of the molecule is c1ccc2c(c1)-c1cc(-n3c4ccccc4c4ccccc43)ccc1B1Oc3cc4c(cc3N12)oc1ccccc14. The minimum absolute atomic E-state index is 0.250. The molecule has 2 aromatic heterocycles. The van der Waals surface area contributed by atoms with Crippen LogP contribution in [0.2, 0.25) is 0 Å². The normalized spacial score (nSPS) is 13.5. The van der Waals surface area contributed by atoms with Crippen molar-refractivity contribution in [3.05, 3.63) is 127 Å². The summed E-state index contributed by atoms with van der Waals surface area (Å²) in [5.74, 6) is 0.878. The van der Waals surface area contributed by atoms with Crippen molar-refractivity contribution >= 4 is 67.6 Å². The van der Waals surface area contributed by atoms with E-state index in [1.54, 1.807) is 0 Å². The first-order valence-electron chi connectivity index (χ1n) is 14.0. The van der Waals surface area contributed by atoms with Gasteiger partial charge in [-0.3, -0.25) is 0 Å². The number of rotatable bonds is 1. The summed E-state index contributed by atoms with van der Waals surface area (Å²) in [6, 6.07) is 45.2. The molecule has 8 aromatic rings. The number of aromatic nitrogens is 1. The molecule has 4 nitrogen and oxygen atoms in total. The number of hydrogen-bond donors (Lipinski definition) is 0. The van der Waals surface area contributed by atoms with Crippen molar-refractivity contribution in [1.82, 2.24) is 4.57 Å². The van der Waals surface area contributed by atoms with Gasteiger partial charge in [0.25, 0.3) is 0 Å². The number of furan rings is 1. The molecule has 0 unspecified atom stereocenters. The third-order valence-electron chi connectivity index (χ3n) is 8.79. The summed E-state index contributed by atoms with van der Waals surface area (Å²) in [5, 5.41) is 4.71. The van der Waals surface area contributed by atoms with E-state index < -0.39 is 0 Å². The summed E-state index contributed by atoms with van der Waals surface area (Å²) in [7, 11) is -0.250. The highest BCUT2D eigenvalue weighted by molar-refractivity contribution is 6.77. The summed E-state index contributed by atoms with van der Waals surface area (Å²) >= 11 is 0. The minimum Gasteiger partial charge on any atom is -0.536 e. The highest BCUT2D eigenvalue weighted by Crippen LogP contribution is 2.49. The Balaban J connectivity index is 1.20. The molecule has 41 heavy (non-hydrogen) atoms. The first-order chi connectivity index (χ1) is 20.3. The fraction of sp³-hybridized carbons (Fsp3) is 0. The quantitative estimate of drug-likeness (QED) is 0.202. The predicted molar refractivity (Wildman–Crippen MR) is 168 cm³/mol. The van der Waals surface area contributed by atoms with Crippen molar-refractivity contribution < 1.29 is 9.07 Å². The van der Waals surface area contributed by atoms with Gasteiger partial charge in [-0.25, -0.2) is 0 Å². The molecule has 190 valence electrons. The fourth-order valence-corrected chi connectivity index (χ4v) is 7.03. The molecule has 4 heterocycles. The van der Waals surface area contributed by atoms with E-state index in [9.17, 15) is 0 Å². The topological polar surface area (TPSA) is 30.5 Å². The Morgan fingerprint density at radius 3 is 2.05 bits per heavy atom. The van der Waals surface area contributed by atoms with Gasteiger partial charge in [-0.2, -0.15) is 0 Å². The van der Waals surface area contributed by atoms with E-state index in [1.165, 1.54) is 32.9 Å². The molecule has 5 heteroatoms. The van der Waals surface area contributed by atoms with Gasteiger partial charge in [-0.1, -0.05) is 78.9 Å². The lowest BCUT2D eigenvalue weighted by atomic mass is 9.64. The Labute approximate surface area is 235 Å². The molecule has 0 amide bonds. The second kappa shape index (κ2) is 7.61. The number of anilines is 2. The number of benzene rings is 6. The number of nitrogens with zero attached hydrogens (tertiary/aromatic N) is 2. The molecule has 0 N–H and O–H groups in total. The molecular formula is C36H21BN2O2. The third kappa shape index (κ3) is 2.75. The van der Waals surface area contributed by atoms with E-state index in [4.69, 9.17) is 9.07 Å². The molecular weight excluding hydrogens is 503 g/mol. The maximum Gasteiger partial charge on any atom is 0.524 e. The standard InChI is InChI=1S/C36H21BN2O2/c1-5-13-30-23(9-1)24-10-2-6-14-31(24)38(30)22-17-18-29-27(19-22)25-11-3-7-15-32(25)39-33-21-35-28(20-36(33)41-37(29)39)26-12-4-8-16-34(26)40-35/h1-21H. The molecule has 6 aromatic carbocycles. The summed E-state index contributed by atoms with van der Waals surface area (Å²) in [5.41, 5.74) is 11.0. The molecule has 10 rings (SSSR count). The van der Waals surface area contributed by atoms with E-state index in [1.807, 2.05) is 12.1 Å². The second-order valence-electron chi connectivity index (χ2n) is 10.9. The zero-order valence-corrected chi connectivity index (χ0v) is 21.9. The van der Waals surface area contributed by atoms with E-state index in [-0.39, 0.29) is 7.05 Å². The second-order valence-corrected chi connectivity index (χ2v) is 10.9. The van der Waals surface area contributed by atoms with Gasteiger partial charge in [0.15, 0.2) is 0 Å². The summed E-state index contributed by atoms with van der Waals surface area (Å²) in [6.45, 7) is 0. The van der Waals surface area contributed by atoms with Gasteiger partial charge in [0, 0.05) is 44.5 Å². The molecule has 0 bridgehead atoms. The van der Waals surface area contributed by atoms with E-state index >= 15 is 0 Å². The molecule has 0 spiro atoms. The van der Waals surface area contributed by atoms with Gasteiger partial charge in [-0.15, -0.1) is 0 Å². The van der Waals surface area contributed by atoms with Crippen LogP contribution in [0.3, 0.4) is 0 Å². The van der Waals surface area contributed by atoms with Crippen LogP contribution in [0.15, 0.2) is 132 Å². The van der Waals surface area contributed by atoms with Gasteiger partial charge in [0.1, 0.15) is 16.9 Å². The number of hydrogen-bond acceptors (Lipinski definition) is 3. The molecule has 0 fully saturated rings. The van der Waals surface area contributed by atoms with Crippen LogP contribution in [0, 0.1) is 0 Å². The third-order valence-corrected chi connectivity index (χ3v) is 8.79. The zero-order chi connectivity index (χ0) is 26.7. The highest BCUT2D eigenvalue weighted by Gasteiger charge is 2.45. The van der Waals surface area contributed by atoms with Gasteiger partial charge in [0.2, 0.25) is 0 Å². The Morgan fingerprint density at radius 1 is 0.512 bits per heavy atom. The average molecular weight is 524 g/mol. The van der Waals surface area contributed by atoms with Crippen LogP contribution in [-0.4, -0.2) is 11.6 Å². The summed E-state index contributed by atoms with van der Waals surface area (Å²) in [6.07, 6.45) is 0. The number of fused-ring (bicyclic) bond motifs is 14. The monoisotopic (exact) mass is 524 g/mol. The lowest BCUT2D eigenvalue weighted by Gasteiger charge is -2.31. The predicted octanol–water partition coefficient (Wildman–Crippen LogP) is 8.59.